The van der Waals surface area contributed by atoms with Gasteiger partial charge in [0.25, 0.3) is 5.91 Å². The smallest absolute Gasteiger partial charge is 0.320 e. The summed E-state index contributed by atoms with van der Waals surface area (Å²) in [5, 5.41) is 12.4. The number of ether oxygens (including phenoxy) is 1. The minimum Gasteiger partial charge on any atom is -0.480 e. The maximum absolute atomic E-state index is 12.4. The predicted molar refractivity (Wildman–Crippen MR) is 109 cm³/mol. The molecule has 6 heteroatoms. The molecule has 1 aliphatic heterocycles. The van der Waals surface area contributed by atoms with Gasteiger partial charge in [0, 0.05) is 24.7 Å². The van der Waals surface area contributed by atoms with Crippen molar-refractivity contribution in [3.05, 3.63) is 60.2 Å². The molecule has 0 unspecified atom stereocenters. The Morgan fingerprint density at radius 3 is 2.45 bits per heavy atom. The number of piperidine rings is 1. The Morgan fingerprint density at radius 1 is 1.14 bits per heavy atom. The van der Waals surface area contributed by atoms with Crippen molar-refractivity contribution < 1.29 is 19.4 Å². The van der Waals surface area contributed by atoms with E-state index >= 15 is 0 Å². The molecule has 1 saturated heterocycles. The van der Waals surface area contributed by atoms with Gasteiger partial charge in [0.15, 0.2) is 0 Å². The summed E-state index contributed by atoms with van der Waals surface area (Å²) in [5.74, 6) is 0.964. The normalized spacial score (nSPS) is 27.9. The number of para-hydroxylation sites is 1. The highest BCUT2D eigenvalue weighted by molar-refractivity contribution is 5.94. The summed E-state index contributed by atoms with van der Waals surface area (Å²) in [5.41, 5.74) is 0.646. The first-order valence-electron chi connectivity index (χ1n) is 10.00. The number of rotatable bonds is 7. The first-order chi connectivity index (χ1) is 13.9. The number of carboxylic acids is 1. The molecular formula is C23H26N2O4. The van der Waals surface area contributed by atoms with Gasteiger partial charge >= 0.3 is 5.97 Å². The third-order valence-corrected chi connectivity index (χ3v) is 6.51. The van der Waals surface area contributed by atoms with Crippen LogP contribution in [0.3, 0.4) is 0 Å². The Hall–Kier alpha value is -2.86. The minimum atomic E-state index is -0.772. The zero-order chi connectivity index (χ0) is 20.6. The Morgan fingerprint density at radius 2 is 1.79 bits per heavy atom. The molecule has 2 aliphatic rings. The zero-order valence-corrected chi connectivity index (χ0v) is 16.7. The van der Waals surface area contributed by atoms with Gasteiger partial charge in [-0.2, -0.15) is 0 Å². The fourth-order valence-electron chi connectivity index (χ4n) is 4.69. The third kappa shape index (κ3) is 3.72. The van der Waals surface area contributed by atoms with Crippen LogP contribution in [0.1, 0.15) is 30.6 Å². The van der Waals surface area contributed by atoms with Gasteiger partial charge in [-0.25, -0.2) is 0 Å². The number of nitrogens with one attached hydrogen (secondary N) is 1. The van der Waals surface area contributed by atoms with E-state index in [1.165, 1.54) is 0 Å². The van der Waals surface area contributed by atoms with Gasteiger partial charge in [0.2, 0.25) is 0 Å². The van der Waals surface area contributed by atoms with Crippen LogP contribution >= 0.6 is 0 Å². The SMILES string of the molecule is C[C@@H]1[C@@H]2N(CCNC(=O)c3ccc(Oc4ccccc4)cc3)[C@H](C(=O)O)C[C@]12C. The van der Waals surface area contributed by atoms with Crippen molar-refractivity contribution in [3.8, 4) is 11.5 Å². The molecule has 0 radical (unpaired) electrons. The van der Waals surface area contributed by atoms with Crippen molar-refractivity contribution >= 4 is 11.9 Å². The van der Waals surface area contributed by atoms with Gasteiger partial charge in [-0.3, -0.25) is 14.5 Å². The number of hydrogen-bond acceptors (Lipinski definition) is 4. The lowest BCUT2D eigenvalue weighted by molar-refractivity contribution is -0.143. The molecule has 1 saturated carbocycles. The second-order valence-corrected chi connectivity index (χ2v) is 8.23. The number of aliphatic carboxylic acids is 1. The van der Waals surface area contributed by atoms with Gasteiger partial charge in [0.05, 0.1) is 0 Å². The summed E-state index contributed by atoms with van der Waals surface area (Å²) in [7, 11) is 0. The highest BCUT2D eigenvalue weighted by atomic mass is 16.5. The molecule has 4 rings (SSSR count). The highest BCUT2D eigenvalue weighted by Crippen LogP contribution is 2.63. The number of amides is 1. The highest BCUT2D eigenvalue weighted by Gasteiger charge is 2.68. The topological polar surface area (TPSA) is 78.9 Å². The number of carbonyl (C=O) groups is 2. The van der Waals surface area contributed by atoms with Crippen LogP contribution in [0.15, 0.2) is 54.6 Å². The number of likely N-dealkylation sites (tertiary alicyclic amines) is 1. The molecule has 2 fully saturated rings. The number of benzene rings is 2. The van der Waals surface area contributed by atoms with Crippen molar-refractivity contribution in [3.63, 3.8) is 0 Å². The third-order valence-electron chi connectivity index (χ3n) is 6.51. The van der Waals surface area contributed by atoms with Crippen molar-refractivity contribution in [1.82, 2.24) is 10.2 Å². The summed E-state index contributed by atoms with van der Waals surface area (Å²) < 4.78 is 5.74. The van der Waals surface area contributed by atoms with Crippen LogP contribution in [0.2, 0.25) is 0 Å². The number of carbonyl (C=O) groups excluding carboxylic acids is 1. The van der Waals surface area contributed by atoms with Crippen LogP contribution in [0.5, 0.6) is 11.5 Å². The molecule has 0 spiro atoms. The van der Waals surface area contributed by atoms with Gasteiger partial charge < -0.3 is 15.2 Å². The fourth-order valence-corrected chi connectivity index (χ4v) is 4.69. The molecular weight excluding hydrogens is 368 g/mol. The molecule has 1 aliphatic carbocycles. The second-order valence-electron chi connectivity index (χ2n) is 8.23. The molecule has 2 aromatic rings. The summed E-state index contributed by atoms with van der Waals surface area (Å²) in [4.78, 5) is 26.0. The largest absolute Gasteiger partial charge is 0.480 e. The van der Waals surface area contributed by atoms with E-state index in [9.17, 15) is 14.7 Å². The molecule has 29 heavy (non-hydrogen) atoms. The minimum absolute atomic E-state index is 0.0989. The monoisotopic (exact) mass is 394 g/mol. The van der Waals surface area contributed by atoms with E-state index in [0.717, 1.165) is 5.75 Å². The van der Waals surface area contributed by atoms with Gasteiger partial charge in [-0.05, 0) is 54.2 Å². The maximum Gasteiger partial charge on any atom is 0.320 e. The molecule has 2 aromatic carbocycles. The average molecular weight is 394 g/mol. The van der Waals surface area contributed by atoms with Crippen LogP contribution < -0.4 is 10.1 Å². The van der Waals surface area contributed by atoms with Crippen LogP contribution in [-0.4, -0.2) is 47.1 Å². The Kier molecular flexibility index (Phi) is 5.04. The lowest BCUT2D eigenvalue weighted by Crippen LogP contribution is -2.44. The van der Waals surface area contributed by atoms with E-state index in [-0.39, 0.29) is 11.3 Å². The van der Waals surface area contributed by atoms with Crippen molar-refractivity contribution in [2.45, 2.75) is 32.4 Å². The van der Waals surface area contributed by atoms with Gasteiger partial charge in [-0.15, -0.1) is 0 Å². The number of fused-ring (bicyclic) bond motifs is 1. The average Bonchev–Trinajstić information content (AvgIpc) is 3.08. The number of hydrogen-bond donors (Lipinski definition) is 2. The van der Waals surface area contributed by atoms with E-state index in [1.807, 2.05) is 35.2 Å². The van der Waals surface area contributed by atoms with Crippen LogP contribution in [0.25, 0.3) is 0 Å². The fraction of sp³-hybridized carbons (Fsp3) is 0.391. The summed E-state index contributed by atoms with van der Waals surface area (Å²) >= 11 is 0. The van der Waals surface area contributed by atoms with E-state index in [1.54, 1.807) is 24.3 Å². The number of nitrogens with zero attached hydrogens (tertiary/aromatic N) is 1. The lowest BCUT2D eigenvalue weighted by Gasteiger charge is -2.25. The molecule has 152 valence electrons. The van der Waals surface area contributed by atoms with Crippen LogP contribution in [0, 0.1) is 11.3 Å². The van der Waals surface area contributed by atoms with E-state index in [4.69, 9.17) is 4.74 Å². The van der Waals surface area contributed by atoms with Crippen LogP contribution in [0.4, 0.5) is 0 Å². The quantitative estimate of drug-likeness (QED) is 0.753. The molecule has 0 aromatic heterocycles. The number of carboxylic acid groups (broad SMARTS) is 1. The predicted octanol–water partition coefficient (Wildman–Crippen LogP) is 3.39. The van der Waals surface area contributed by atoms with Gasteiger partial charge in [-0.1, -0.05) is 32.0 Å². The molecule has 2 N–H and O–H groups in total. The first kappa shape index (κ1) is 19.5. The molecule has 4 atom stereocenters. The van der Waals surface area contributed by atoms with Gasteiger partial charge in [0.1, 0.15) is 17.5 Å². The second kappa shape index (κ2) is 7.52. The maximum atomic E-state index is 12.4. The Balaban J connectivity index is 1.30. The standard InChI is InChI=1S/C23H26N2O4/c1-15-20-23(15,2)14-19(22(27)28)25(20)13-12-24-21(26)16-8-10-18(11-9-16)29-17-6-4-3-5-7-17/h3-11,15,19-20H,12-14H2,1-2H3,(H,24,26)(H,27,28)/t15-,19+,20+,23-/m1/s1. The van der Waals surface area contributed by atoms with Crippen molar-refractivity contribution in [2.24, 2.45) is 11.3 Å². The molecule has 1 heterocycles. The molecule has 6 nitrogen and oxygen atoms in total. The van der Waals surface area contributed by atoms with E-state index in [2.05, 4.69) is 19.2 Å². The summed E-state index contributed by atoms with van der Waals surface area (Å²) in [6, 6.07) is 16.3. The van der Waals surface area contributed by atoms with Crippen LogP contribution in [-0.2, 0) is 4.79 Å². The summed E-state index contributed by atoms with van der Waals surface area (Å²) in [6.45, 7) is 5.30. The van der Waals surface area contributed by atoms with Crippen molar-refractivity contribution in [2.75, 3.05) is 13.1 Å². The zero-order valence-electron chi connectivity index (χ0n) is 16.7. The Bertz CT molecular complexity index is 899. The molecule has 0 bridgehead atoms. The molecule has 1 amide bonds. The van der Waals surface area contributed by atoms with E-state index < -0.39 is 12.0 Å². The lowest BCUT2D eigenvalue weighted by atomic mass is 9.99. The van der Waals surface area contributed by atoms with E-state index in [0.29, 0.717) is 42.8 Å². The Labute approximate surface area is 170 Å². The first-order valence-corrected chi connectivity index (χ1v) is 10.00. The van der Waals surface area contributed by atoms with Crippen molar-refractivity contribution in [1.29, 1.82) is 0 Å². The summed E-state index contributed by atoms with van der Waals surface area (Å²) in [6.07, 6.45) is 0.686.